The van der Waals surface area contributed by atoms with Crippen LogP contribution in [0.3, 0.4) is 0 Å². The molecule has 1 amide bonds. The van der Waals surface area contributed by atoms with E-state index in [-0.39, 0.29) is 35.7 Å². The molecule has 0 N–H and O–H groups in total. The average molecular weight is 364 g/mol. The van der Waals surface area contributed by atoms with E-state index < -0.39 is 24.1 Å². The van der Waals surface area contributed by atoms with E-state index in [0.717, 1.165) is 4.90 Å². The molecule has 0 radical (unpaired) electrons. The van der Waals surface area contributed by atoms with E-state index >= 15 is 0 Å². The molecule has 0 bridgehead atoms. The van der Waals surface area contributed by atoms with Crippen LogP contribution < -0.4 is 0 Å². The molecule has 136 valence electrons. The monoisotopic (exact) mass is 364 g/mol. The van der Waals surface area contributed by atoms with Crippen LogP contribution in [-0.2, 0) is 11.3 Å². The number of aromatic nitrogens is 1. The highest BCUT2D eigenvalue weighted by molar-refractivity contribution is 5.99. The summed E-state index contributed by atoms with van der Waals surface area (Å²) in [6.07, 6.45) is -4.62. The van der Waals surface area contributed by atoms with Gasteiger partial charge in [0.25, 0.3) is 5.91 Å². The molecule has 1 unspecified atom stereocenters. The highest BCUT2D eigenvalue weighted by Crippen LogP contribution is 2.44. The number of hydrogen-bond acceptors (Lipinski definition) is 4. The standard InChI is InChI=1S/C18H15F3N2O3/c1-2-26-17(25)14-9-5-6-11(22-14)10-23-15(18(19,20)21)12-7-3-4-8-13(12)16(23)24/h3-9,15H,2,10H2,1H3. The minimum atomic E-state index is -4.62. The maximum Gasteiger partial charge on any atom is 0.413 e. The maximum absolute atomic E-state index is 13.6. The summed E-state index contributed by atoms with van der Waals surface area (Å²) in [6, 6.07) is 7.98. The molecule has 1 atom stereocenters. The van der Waals surface area contributed by atoms with E-state index in [0.29, 0.717) is 0 Å². The summed E-state index contributed by atoms with van der Waals surface area (Å²) >= 11 is 0. The van der Waals surface area contributed by atoms with Crippen LogP contribution in [0.4, 0.5) is 13.2 Å². The number of ether oxygens (including phenoxy) is 1. The Morgan fingerprint density at radius 2 is 1.92 bits per heavy atom. The fourth-order valence-corrected chi connectivity index (χ4v) is 2.95. The van der Waals surface area contributed by atoms with Gasteiger partial charge in [-0.1, -0.05) is 24.3 Å². The lowest BCUT2D eigenvalue weighted by Gasteiger charge is -2.27. The molecule has 5 nitrogen and oxygen atoms in total. The quantitative estimate of drug-likeness (QED) is 0.779. The van der Waals surface area contributed by atoms with Crippen molar-refractivity contribution in [3.05, 3.63) is 65.0 Å². The highest BCUT2D eigenvalue weighted by atomic mass is 19.4. The Morgan fingerprint density at radius 3 is 2.62 bits per heavy atom. The molecule has 0 saturated heterocycles. The van der Waals surface area contributed by atoms with E-state index in [2.05, 4.69) is 4.98 Å². The van der Waals surface area contributed by atoms with Gasteiger partial charge in [-0.05, 0) is 30.7 Å². The fraction of sp³-hybridized carbons (Fsp3) is 0.278. The molecule has 2 aromatic rings. The number of pyridine rings is 1. The largest absolute Gasteiger partial charge is 0.461 e. The number of amides is 1. The summed E-state index contributed by atoms with van der Waals surface area (Å²) in [4.78, 5) is 29.0. The highest BCUT2D eigenvalue weighted by Gasteiger charge is 2.52. The van der Waals surface area contributed by atoms with Gasteiger partial charge >= 0.3 is 12.1 Å². The zero-order chi connectivity index (χ0) is 18.9. The van der Waals surface area contributed by atoms with Crippen molar-refractivity contribution >= 4 is 11.9 Å². The first-order valence-corrected chi connectivity index (χ1v) is 7.92. The van der Waals surface area contributed by atoms with Gasteiger partial charge < -0.3 is 9.64 Å². The summed E-state index contributed by atoms with van der Waals surface area (Å²) in [6.45, 7) is 1.42. The second-order valence-corrected chi connectivity index (χ2v) is 5.70. The van der Waals surface area contributed by atoms with Crippen molar-refractivity contribution in [1.29, 1.82) is 0 Å². The molecular formula is C18H15F3N2O3. The summed E-state index contributed by atoms with van der Waals surface area (Å²) in [5, 5.41) is 0. The van der Waals surface area contributed by atoms with Crippen LogP contribution in [0.25, 0.3) is 0 Å². The Bertz CT molecular complexity index is 852. The Morgan fingerprint density at radius 1 is 1.19 bits per heavy atom. The summed E-state index contributed by atoms with van der Waals surface area (Å²) in [5.74, 6) is -1.39. The first-order chi connectivity index (χ1) is 12.3. The van der Waals surface area contributed by atoms with Gasteiger partial charge in [0, 0.05) is 5.56 Å². The van der Waals surface area contributed by atoms with Crippen molar-refractivity contribution in [2.45, 2.75) is 25.7 Å². The van der Waals surface area contributed by atoms with Crippen LogP contribution in [0.5, 0.6) is 0 Å². The first kappa shape index (κ1) is 17.9. The number of fused-ring (bicyclic) bond motifs is 1. The van der Waals surface area contributed by atoms with E-state index in [9.17, 15) is 22.8 Å². The molecular weight excluding hydrogens is 349 g/mol. The topological polar surface area (TPSA) is 59.5 Å². The predicted molar refractivity (Wildman–Crippen MR) is 85.3 cm³/mol. The lowest BCUT2D eigenvalue weighted by Crippen LogP contribution is -2.36. The van der Waals surface area contributed by atoms with Crippen molar-refractivity contribution in [3.63, 3.8) is 0 Å². The normalized spacial score (nSPS) is 16.5. The van der Waals surface area contributed by atoms with Crippen molar-refractivity contribution in [2.24, 2.45) is 0 Å². The van der Waals surface area contributed by atoms with Gasteiger partial charge in [0.05, 0.1) is 18.8 Å². The second kappa shape index (κ2) is 6.78. The van der Waals surface area contributed by atoms with E-state index in [1.54, 1.807) is 6.92 Å². The molecule has 2 heterocycles. The third kappa shape index (κ3) is 3.26. The molecule has 0 spiro atoms. The molecule has 1 aromatic carbocycles. The fourth-order valence-electron chi connectivity index (χ4n) is 2.95. The van der Waals surface area contributed by atoms with Crippen LogP contribution in [0.15, 0.2) is 42.5 Å². The molecule has 0 fully saturated rings. The Balaban J connectivity index is 1.93. The van der Waals surface area contributed by atoms with Crippen LogP contribution in [0.1, 0.15) is 45.1 Å². The van der Waals surface area contributed by atoms with Crippen LogP contribution in [0.2, 0.25) is 0 Å². The Labute approximate surface area is 147 Å². The molecule has 0 saturated carbocycles. The zero-order valence-corrected chi connectivity index (χ0v) is 13.8. The summed E-state index contributed by atoms with van der Waals surface area (Å²) in [5.41, 5.74) is 0.103. The molecule has 0 aliphatic carbocycles. The van der Waals surface area contributed by atoms with Crippen LogP contribution in [-0.4, -0.2) is 34.5 Å². The van der Waals surface area contributed by atoms with Crippen LogP contribution >= 0.6 is 0 Å². The molecule has 1 aromatic heterocycles. The van der Waals surface area contributed by atoms with E-state index in [1.165, 1.54) is 42.5 Å². The van der Waals surface area contributed by atoms with Gasteiger partial charge in [-0.15, -0.1) is 0 Å². The molecule has 1 aliphatic rings. The Hall–Kier alpha value is -2.90. The Kier molecular flexibility index (Phi) is 4.67. The molecule has 3 rings (SSSR count). The minimum Gasteiger partial charge on any atom is -0.461 e. The average Bonchev–Trinajstić information content (AvgIpc) is 2.88. The van der Waals surface area contributed by atoms with E-state index in [1.807, 2.05) is 0 Å². The third-order valence-electron chi connectivity index (χ3n) is 3.99. The third-order valence-corrected chi connectivity index (χ3v) is 3.99. The van der Waals surface area contributed by atoms with Crippen molar-refractivity contribution in [1.82, 2.24) is 9.88 Å². The van der Waals surface area contributed by atoms with E-state index in [4.69, 9.17) is 4.74 Å². The number of carbonyl (C=O) groups is 2. The zero-order valence-electron chi connectivity index (χ0n) is 13.8. The maximum atomic E-state index is 13.6. The van der Waals surface area contributed by atoms with Gasteiger partial charge in [0.2, 0.25) is 0 Å². The number of esters is 1. The summed E-state index contributed by atoms with van der Waals surface area (Å²) in [7, 11) is 0. The number of nitrogens with zero attached hydrogens (tertiary/aromatic N) is 2. The number of carbonyl (C=O) groups excluding carboxylic acids is 2. The van der Waals surface area contributed by atoms with Gasteiger partial charge in [0.15, 0.2) is 6.04 Å². The van der Waals surface area contributed by atoms with Gasteiger partial charge in [-0.25, -0.2) is 9.78 Å². The number of rotatable bonds is 4. The van der Waals surface area contributed by atoms with Gasteiger partial charge in [-0.3, -0.25) is 4.79 Å². The van der Waals surface area contributed by atoms with Crippen LogP contribution in [0, 0.1) is 0 Å². The smallest absolute Gasteiger partial charge is 0.413 e. The number of alkyl halides is 3. The summed E-state index contributed by atoms with van der Waals surface area (Å²) < 4.78 is 45.6. The predicted octanol–water partition coefficient (Wildman–Crippen LogP) is 3.52. The number of hydrogen-bond donors (Lipinski definition) is 0. The molecule has 8 heteroatoms. The molecule has 26 heavy (non-hydrogen) atoms. The van der Waals surface area contributed by atoms with Crippen molar-refractivity contribution in [3.8, 4) is 0 Å². The lowest BCUT2D eigenvalue weighted by molar-refractivity contribution is -0.177. The SMILES string of the molecule is CCOC(=O)c1cccc(CN2C(=O)c3ccccc3C2C(F)(F)F)n1. The van der Waals surface area contributed by atoms with Crippen molar-refractivity contribution in [2.75, 3.05) is 6.61 Å². The second-order valence-electron chi connectivity index (χ2n) is 5.70. The first-order valence-electron chi connectivity index (χ1n) is 7.92. The number of benzene rings is 1. The van der Waals surface area contributed by atoms with Gasteiger partial charge in [-0.2, -0.15) is 13.2 Å². The number of halogens is 3. The lowest BCUT2D eigenvalue weighted by atomic mass is 10.0. The van der Waals surface area contributed by atoms with Gasteiger partial charge in [0.1, 0.15) is 5.69 Å². The molecule has 1 aliphatic heterocycles. The van der Waals surface area contributed by atoms with Crippen molar-refractivity contribution < 1.29 is 27.5 Å². The minimum absolute atomic E-state index is 0.0166.